The first kappa shape index (κ1) is 42.9. The van der Waals surface area contributed by atoms with Crippen LogP contribution in [0.3, 0.4) is 0 Å². The van der Waals surface area contributed by atoms with E-state index in [4.69, 9.17) is 16.3 Å². The Bertz CT molecular complexity index is 2060. The minimum absolute atomic E-state index is 0.00581. The molecule has 1 aliphatic carbocycles. The lowest BCUT2D eigenvalue weighted by Crippen LogP contribution is -2.42. The van der Waals surface area contributed by atoms with Gasteiger partial charge in [0.1, 0.15) is 10.6 Å². The molecule has 0 bridgehead atoms. The van der Waals surface area contributed by atoms with Crippen LogP contribution in [0.4, 0.5) is 23.0 Å². The van der Waals surface area contributed by atoms with E-state index in [1.54, 1.807) is 18.0 Å². The summed E-state index contributed by atoms with van der Waals surface area (Å²) in [4.78, 5) is 45.8. The molecule has 56 heavy (non-hydrogen) atoms. The van der Waals surface area contributed by atoms with Crippen molar-refractivity contribution in [3.63, 3.8) is 0 Å². The number of alkyl halides is 3. The van der Waals surface area contributed by atoms with Gasteiger partial charge in [0, 0.05) is 49.4 Å². The molecule has 9 nitrogen and oxygen atoms in total. The molecule has 2 aromatic heterocycles. The van der Waals surface area contributed by atoms with Crippen LogP contribution in [0.1, 0.15) is 116 Å². The predicted molar refractivity (Wildman–Crippen MR) is 215 cm³/mol. The van der Waals surface area contributed by atoms with Crippen molar-refractivity contribution in [2.24, 2.45) is 5.41 Å². The van der Waals surface area contributed by atoms with Crippen LogP contribution in [0.2, 0.25) is 5.02 Å². The molecule has 14 heteroatoms. The highest BCUT2D eigenvalue weighted by molar-refractivity contribution is 7.17. The van der Waals surface area contributed by atoms with Crippen LogP contribution < -0.4 is 5.32 Å². The largest absolute Gasteiger partial charge is 0.444 e. The van der Waals surface area contributed by atoms with Gasteiger partial charge in [-0.1, -0.05) is 51.4 Å². The fraction of sp³-hybridized carbons (Fsp3) is 0.476. The summed E-state index contributed by atoms with van der Waals surface area (Å²) < 4.78 is 47.5. The number of rotatable bonds is 13. The van der Waals surface area contributed by atoms with Gasteiger partial charge in [-0.3, -0.25) is 14.5 Å². The van der Waals surface area contributed by atoms with Crippen LogP contribution in [-0.2, 0) is 30.3 Å². The van der Waals surface area contributed by atoms with Crippen molar-refractivity contribution in [1.82, 2.24) is 19.6 Å². The summed E-state index contributed by atoms with van der Waals surface area (Å²) >= 11 is 7.22. The predicted octanol–water partition coefficient (Wildman–Crippen LogP) is 10.5. The summed E-state index contributed by atoms with van der Waals surface area (Å²) in [5.74, 6) is -0.742. The molecule has 302 valence electrons. The number of thiophene rings is 1. The Labute approximate surface area is 336 Å². The van der Waals surface area contributed by atoms with E-state index in [-0.39, 0.29) is 40.5 Å². The number of carbonyl (C=O) groups excluding carboxylic acids is 3. The SMILES string of the molecule is CCC(CC)N(CCN(C)C(=O)OC(C)(C)C)Cc1cccc(C(=O)Nc2sc3c(c2C(=O)c2cnn(-c4ccc(Cl)c(C(F)(F)F)c4)c2)CCC(C)(C)C3)c1. The molecule has 1 N–H and O–H groups in total. The average Bonchev–Trinajstić information content (AvgIpc) is 3.74. The summed E-state index contributed by atoms with van der Waals surface area (Å²) in [5.41, 5.74) is 1.30. The number of halogens is 4. The highest BCUT2D eigenvalue weighted by Crippen LogP contribution is 2.45. The van der Waals surface area contributed by atoms with E-state index in [0.29, 0.717) is 42.2 Å². The van der Waals surface area contributed by atoms with Crippen molar-refractivity contribution in [1.29, 1.82) is 0 Å². The number of amides is 2. The number of hydrogen-bond acceptors (Lipinski definition) is 7. The second kappa shape index (κ2) is 17.1. The van der Waals surface area contributed by atoms with Gasteiger partial charge in [0.05, 0.1) is 33.6 Å². The molecule has 0 fully saturated rings. The Balaban J connectivity index is 1.39. The molecule has 0 saturated carbocycles. The third-order valence-electron chi connectivity index (χ3n) is 10.1. The van der Waals surface area contributed by atoms with Gasteiger partial charge in [-0.15, -0.1) is 11.3 Å². The fourth-order valence-corrected chi connectivity index (χ4v) is 8.68. The number of nitrogens with zero attached hydrogens (tertiary/aromatic N) is 4. The molecule has 5 rings (SSSR count). The smallest absolute Gasteiger partial charge is 0.417 e. The molecule has 0 atom stereocenters. The Kier molecular flexibility index (Phi) is 13.1. The third kappa shape index (κ3) is 10.4. The Hall–Kier alpha value is -4.20. The monoisotopic (exact) mass is 813 g/mol. The van der Waals surface area contributed by atoms with Gasteiger partial charge in [-0.2, -0.15) is 18.3 Å². The molecular formula is C42H51ClF3N5O4S. The second-order valence-electron chi connectivity index (χ2n) is 16.2. The molecule has 2 heterocycles. The highest BCUT2D eigenvalue weighted by atomic mass is 35.5. The zero-order valence-corrected chi connectivity index (χ0v) is 34.8. The molecule has 2 amide bonds. The van der Waals surface area contributed by atoms with Crippen molar-refractivity contribution in [3.8, 4) is 5.69 Å². The van der Waals surface area contributed by atoms with Crippen molar-refractivity contribution >= 4 is 45.7 Å². The minimum atomic E-state index is -4.66. The summed E-state index contributed by atoms with van der Waals surface area (Å²) in [6.07, 6.45) is 1.72. The number of ether oxygens (including phenoxy) is 1. The number of carbonyl (C=O) groups is 3. The van der Waals surface area contributed by atoms with Crippen LogP contribution in [0, 0.1) is 5.41 Å². The fourth-order valence-electron chi connectivity index (χ4n) is 6.96. The van der Waals surface area contributed by atoms with Crippen LogP contribution in [-0.4, -0.2) is 69.1 Å². The summed E-state index contributed by atoms with van der Waals surface area (Å²) in [7, 11) is 1.73. The molecule has 0 saturated heterocycles. The van der Waals surface area contributed by atoms with Crippen LogP contribution in [0.25, 0.3) is 5.69 Å². The lowest BCUT2D eigenvalue weighted by Gasteiger charge is -2.32. The van der Waals surface area contributed by atoms with Gasteiger partial charge in [-0.05, 0) is 99.7 Å². The molecule has 0 aliphatic heterocycles. The number of nitrogens with one attached hydrogen (secondary N) is 1. The first-order valence-electron chi connectivity index (χ1n) is 18.9. The first-order chi connectivity index (χ1) is 26.2. The standard InChI is InChI=1S/C42H51ClF3N5O4S/c1-9-29(10-2)50(19-18-49(8)39(54)55-40(3,4)5)24-26-12-11-13-27(20-26)37(53)48-38-35(31-16-17-41(6,7)22-34(31)56-38)36(52)28-23-47-51(25-28)30-14-15-33(43)32(21-30)42(44,45)46/h11-15,20-21,23,25,29H,9-10,16-19,22,24H2,1-8H3,(H,48,53). The van der Waals surface area contributed by atoms with Crippen molar-refractivity contribution in [2.45, 2.75) is 105 Å². The van der Waals surface area contributed by atoms with Gasteiger partial charge in [0.2, 0.25) is 0 Å². The molecular weight excluding hydrogens is 763 g/mol. The first-order valence-corrected chi connectivity index (χ1v) is 20.1. The van der Waals surface area contributed by atoms with Crippen LogP contribution in [0.15, 0.2) is 54.9 Å². The average molecular weight is 814 g/mol. The van der Waals surface area contributed by atoms with E-state index in [2.05, 4.69) is 43.0 Å². The van der Waals surface area contributed by atoms with Gasteiger partial charge in [0.25, 0.3) is 5.91 Å². The summed E-state index contributed by atoms with van der Waals surface area (Å²) in [6.45, 7) is 15.8. The van der Waals surface area contributed by atoms with Crippen molar-refractivity contribution in [3.05, 3.63) is 98.1 Å². The topological polar surface area (TPSA) is 96.8 Å². The van der Waals surface area contributed by atoms with Gasteiger partial charge in [-0.25, -0.2) is 9.48 Å². The summed E-state index contributed by atoms with van der Waals surface area (Å²) in [5, 5.41) is 7.26. The molecule has 0 unspecified atom stereocenters. The Morgan fingerprint density at radius 3 is 2.43 bits per heavy atom. The number of benzene rings is 2. The van der Waals surface area contributed by atoms with Gasteiger partial charge in [0.15, 0.2) is 5.78 Å². The number of hydrogen-bond donors (Lipinski definition) is 1. The van der Waals surface area contributed by atoms with Gasteiger partial charge < -0.3 is 15.0 Å². The zero-order valence-electron chi connectivity index (χ0n) is 33.3. The number of likely N-dealkylation sites (N-methyl/N-ethyl adjacent to an activating group) is 1. The number of ketones is 1. The van der Waals surface area contributed by atoms with E-state index >= 15 is 0 Å². The molecule has 1 aliphatic rings. The normalized spacial score (nSPS) is 14.2. The van der Waals surface area contributed by atoms with E-state index in [9.17, 15) is 27.6 Å². The second-order valence-corrected chi connectivity index (χ2v) is 17.7. The van der Waals surface area contributed by atoms with Crippen molar-refractivity contribution < 1.29 is 32.3 Å². The zero-order chi connectivity index (χ0) is 41.2. The third-order valence-corrected chi connectivity index (χ3v) is 11.5. The highest BCUT2D eigenvalue weighted by Gasteiger charge is 2.35. The quantitative estimate of drug-likeness (QED) is 0.135. The number of aromatic nitrogens is 2. The van der Waals surface area contributed by atoms with Gasteiger partial charge >= 0.3 is 12.3 Å². The lowest BCUT2D eigenvalue weighted by molar-refractivity contribution is -0.137. The maximum Gasteiger partial charge on any atom is 0.417 e. The van der Waals surface area contributed by atoms with E-state index in [1.807, 2.05) is 39.0 Å². The molecule has 0 spiro atoms. The summed E-state index contributed by atoms with van der Waals surface area (Å²) in [6, 6.07) is 11.1. The minimum Gasteiger partial charge on any atom is -0.444 e. The Morgan fingerprint density at radius 1 is 1.05 bits per heavy atom. The molecule has 0 radical (unpaired) electrons. The van der Waals surface area contributed by atoms with E-state index in [1.165, 1.54) is 34.5 Å². The maximum atomic E-state index is 14.3. The maximum absolute atomic E-state index is 14.3. The van der Waals surface area contributed by atoms with E-state index < -0.39 is 22.4 Å². The molecule has 4 aromatic rings. The Morgan fingerprint density at radius 2 is 1.77 bits per heavy atom. The van der Waals surface area contributed by atoms with E-state index in [0.717, 1.165) is 53.8 Å². The number of anilines is 1. The van der Waals surface area contributed by atoms with Crippen LogP contribution >= 0.6 is 22.9 Å². The molecule has 2 aromatic carbocycles. The lowest BCUT2D eigenvalue weighted by atomic mass is 9.76. The number of fused-ring (bicyclic) bond motifs is 1. The van der Waals surface area contributed by atoms with Crippen LogP contribution in [0.5, 0.6) is 0 Å². The van der Waals surface area contributed by atoms with Crippen molar-refractivity contribution in [2.75, 3.05) is 25.5 Å².